The Morgan fingerprint density at radius 3 is 3.06 bits per heavy atom. The number of nitrogens with one attached hydrogen (secondary N) is 1. The van der Waals surface area contributed by atoms with E-state index in [0.717, 1.165) is 22.4 Å². The van der Waals surface area contributed by atoms with E-state index in [0.29, 0.717) is 12.1 Å². The molecule has 1 saturated heterocycles. The number of hydrogen-bond donors (Lipinski definition) is 1. The van der Waals surface area contributed by atoms with Gasteiger partial charge in [-0.2, -0.15) is 11.8 Å². The van der Waals surface area contributed by atoms with Crippen LogP contribution in [0.1, 0.15) is 16.8 Å². The van der Waals surface area contributed by atoms with E-state index in [2.05, 4.69) is 21.2 Å². The van der Waals surface area contributed by atoms with Crippen LogP contribution in [0.25, 0.3) is 0 Å². The zero-order chi connectivity index (χ0) is 13.0. The molecule has 0 saturated carbocycles. The number of halogens is 1. The van der Waals surface area contributed by atoms with Crippen LogP contribution in [0.3, 0.4) is 0 Å². The Morgan fingerprint density at radius 1 is 1.61 bits per heavy atom. The summed E-state index contributed by atoms with van der Waals surface area (Å²) in [6, 6.07) is 7.39. The molecule has 5 heteroatoms. The SMILES string of the molecule is COC1(CNC(=O)c2cccc(Br)c2)CCSC1. The predicted octanol–water partition coefficient (Wildman–Crippen LogP) is 2.70. The van der Waals surface area contributed by atoms with Gasteiger partial charge in [0, 0.05) is 29.4 Å². The summed E-state index contributed by atoms with van der Waals surface area (Å²) in [5.41, 5.74) is 0.480. The lowest BCUT2D eigenvalue weighted by Gasteiger charge is -2.26. The van der Waals surface area contributed by atoms with Crippen molar-refractivity contribution in [2.24, 2.45) is 0 Å². The van der Waals surface area contributed by atoms with E-state index in [4.69, 9.17) is 4.74 Å². The van der Waals surface area contributed by atoms with Gasteiger partial charge in [-0.25, -0.2) is 0 Å². The van der Waals surface area contributed by atoms with Gasteiger partial charge in [-0.3, -0.25) is 4.79 Å². The summed E-state index contributed by atoms with van der Waals surface area (Å²) in [6.45, 7) is 0.571. The first-order chi connectivity index (χ1) is 8.65. The van der Waals surface area contributed by atoms with E-state index >= 15 is 0 Å². The number of carbonyl (C=O) groups excluding carboxylic acids is 1. The van der Waals surface area contributed by atoms with Crippen LogP contribution in [0.15, 0.2) is 28.7 Å². The molecule has 1 N–H and O–H groups in total. The summed E-state index contributed by atoms with van der Waals surface area (Å²) in [5, 5.41) is 2.96. The molecule has 0 spiro atoms. The van der Waals surface area contributed by atoms with Crippen molar-refractivity contribution in [1.82, 2.24) is 5.32 Å². The lowest BCUT2D eigenvalue weighted by atomic mass is 10.0. The van der Waals surface area contributed by atoms with Crippen molar-refractivity contribution in [3.05, 3.63) is 34.3 Å². The fourth-order valence-electron chi connectivity index (χ4n) is 1.93. The number of benzene rings is 1. The number of rotatable bonds is 4. The average Bonchev–Trinajstić information content (AvgIpc) is 2.85. The van der Waals surface area contributed by atoms with Gasteiger partial charge in [0.1, 0.15) is 0 Å². The van der Waals surface area contributed by atoms with Crippen LogP contribution in [-0.2, 0) is 4.74 Å². The Bertz CT molecular complexity index is 433. The molecule has 1 fully saturated rings. The van der Waals surface area contributed by atoms with E-state index in [-0.39, 0.29) is 11.5 Å². The summed E-state index contributed by atoms with van der Waals surface area (Å²) in [5.74, 6) is 1.99. The van der Waals surface area contributed by atoms with Crippen molar-refractivity contribution in [3.8, 4) is 0 Å². The molecule has 1 aliphatic rings. The maximum Gasteiger partial charge on any atom is 0.251 e. The van der Waals surface area contributed by atoms with Gasteiger partial charge in [-0.15, -0.1) is 0 Å². The van der Waals surface area contributed by atoms with Crippen molar-refractivity contribution in [2.45, 2.75) is 12.0 Å². The quantitative estimate of drug-likeness (QED) is 0.922. The van der Waals surface area contributed by atoms with E-state index < -0.39 is 0 Å². The van der Waals surface area contributed by atoms with Crippen LogP contribution >= 0.6 is 27.7 Å². The average molecular weight is 330 g/mol. The summed E-state index contributed by atoms with van der Waals surface area (Å²) in [6.07, 6.45) is 0.993. The van der Waals surface area contributed by atoms with E-state index in [1.54, 1.807) is 7.11 Å². The Hall–Kier alpha value is -0.520. The van der Waals surface area contributed by atoms with Crippen LogP contribution in [0, 0.1) is 0 Å². The molecule has 98 valence electrons. The number of methoxy groups -OCH3 is 1. The molecule has 1 aromatic rings. The van der Waals surface area contributed by atoms with E-state index in [1.165, 1.54) is 0 Å². The zero-order valence-electron chi connectivity index (χ0n) is 10.2. The normalized spacial score (nSPS) is 23.0. The number of thioether (sulfide) groups is 1. The summed E-state index contributed by atoms with van der Waals surface area (Å²) < 4.78 is 6.47. The van der Waals surface area contributed by atoms with Crippen LogP contribution in [-0.4, -0.2) is 36.7 Å². The Labute approximate surface area is 120 Å². The summed E-state index contributed by atoms with van der Waals surface area (Å²) in [7, 11) is 1.72. The van der Waals surface area contributed by atoms with Crippen LogP contribution in [0.2, 0.25) is 0 Å². The highest BCUT2D eigenvalue weighted by Gasteiger charge is 2.34. The highest BCUT2D eigenvalue weighted by Crippen LogP contribution is 2.30. The van der Waals surface area contributed by atoms with Gasteiger partial charge < -0.3 is 10.1 Å². The molecule has 0 aromatic heterocycles. The number of carbonyl (C=O) groups is 1. The molecule has 2 rings (SSSR count). The minimum Gasteiger partial charge on any atom is -0.376 e. The van der Waals surface area contributed by atoms with Gasteiger partial charge >= 0.3 is 0 Å². The monoisotopic (exact) mass is 329 g/mol. The molecular formula is C13H16BrNO2S. The Balaban J connectivity index is 1.96. The molecule has 1 aliphatic heterocycles. The predicted molar refractivity (Wildman–Crippen MR) is 78.2 cm³/mol. The summed E-state index contributed by atoms with van der Waals surface area (Å²) in [4.78, 5) is 12.0. The molecule has 1 amide bonds. The van der Waals surface area contributed by atoms with Crippen LogP contribution in [0.4, 0.5) is 0 Å². The zero-order valence-corrected chi connectivity index (χ0v) is 12.6. The Morgan fingerprint density at radius 2 is 2.44 bits per heavy atom. The molecule has 0 aliphatic carbocycles. The van der Waals surface area contributed by atoms with Crippen molar-refractivity contribution in [2.75, 3.05) is 25.2 Å². The smallest absolute Gasteiger partial charge is 0.251 e. The minimum atomic E-state index is -0.188. The van der Waals surface area contributed by atoms with Gasteiger partial charge in [0.25, 0.3) is 5.91 Å². The molecular weight excluding hydrogens is 314 g/mol. The lowest BCUT2D eigenvalue weighted by molar-refractivity contribution is 0.0137. The largest absolute Gasteiger partial charge is 0.376 e. The van der Waals surface area contributed by atoms with Gasteiger partial charge in [0.2, 0.25) is 0 Å². The Kier molecular flexibility index (Phi) is 4.70. The van der Waals surface area contributed by atoms with Gasteiger partial charge in [-0.05, 0) is 30.4 Å². The van der Waals surface area contributed by atoms with Crippen molar-refractivity contribution in [3.63, 3.8) is 0 Å². The molecule has 1 unspecified atom stereocenters. The van der Waals surface area contributed by atoms with Gasteiger partial charge in [0.05, 0.1) is 5.60 Å². The van der Waals surface area contributed by atoms with Crippen molar-refractivity contribution in [1.29, 1.82) is 0 Å². The van der Waals surface area contributed by atoms with E-state index in [9.17, 15) is 4.79 Å². The third-order valence-electron chi connectivity index (χ3n) is 3.16. The van der Waals surface area contributed by atoms with Crippen molar-refractivity contribution < 1.29 is 9.53 Å². The molecule has 1 heterocycles. The first-order valence-corrected chi connectivity index (χ1v) is 7.77. The second-order valence-corrected chi connectivity index (χ2v) is 6.40. The lowest BCUT2D eigenvalue weighted by Crippen LogP contribution is -2.44. The van der Waals surface area contributed by atoms with Crippen molar-refractivity contribution >= 4 is 33.6 Å². The first kappa shape index (κ1) is 13.9. The minimum absolute atomic E-state index is 0.0513. The third-order valence-corrected chi connectivity index (χ3v) is 4.87. The summed E-state index contributed by atoms with van der Waals surface area (Å²) >= 11 is 5.24. The van der Waals surface area contributed by atoms with Crippen LogP contribution < -0.4 is 5.32 Å². The van der Waals surface area contributed by atoms with Gasteiger partial charge in [-0.1, -0.05) is 22.0 Å². The molecule has 18 heavy (non-hydrogen) atoms. The molecule has 1 aromatic carbocycles. The fraction of sp³-hybridized carbons (Fsp3) is 0.462. The maximum absolute atomic E-state index is 12.0. The molecule has 0 radical (unpaired) electrons. The third kappa shape index (κ3) is 3.28. The standard InChI is InChI=1S/C13H16BrNO2S/c1-17-13(5-6-18-9-13)8-15-12(16)10-3-2-4-11(14)7-10/h2-4,7H,5-6,8-9H2,1H3,(H,15,16). The second-order valence-electron chi connectivity index (χ2n) is 4.38. The highest BCUT2D eigenvalue weighted by molar-refractivity contribution is 9.10. The molecule has 1 atom stereocenters. The van der Waals surface area contributed by atoms with Crippen LogP contribution in [0.5, 0.6) is 0 Å². The van der Waals surface area contributed by atoms with E-state index in [1.807, 2.05) is 36.0 Å². The fourth-order valence-corrected chi connectivity index (χ4v) is 3.73. The number of hydrogen-bond acceptors (Lipinski definition) is 3. The number of ether oxygens (including phenoxy) is 1. The van der Waals surface area contributed by atoms with Gasteiger partial charge in [0.15, 0.2) is 0 Å². The molecule has 0 bridgehead atoms. The first-order valence-electron chi connectivity index (χ1n) is 5.82. The topological polar surface area (TPSA) is 38.3 Å². The number of amides is 1. The molecule has 3 nitrogen and oxygen atoms in total. The highest BCUT2D eigenvalue weighted by atomic mass is 79.9. The maximum atomic E-state index is 12.0. The second kappa shape index (κ2) is 6.08.